The summed E-state index contributed by atoms with van der Waals surface area (Å²) in [4.78, 5) is 2.32. The number of nitrogens with two attached hydrogens (primary N) is 1. The van der Waals surface area contributed by atoms with Gasteiger partial charge < -0.3 is 10.5 Å². The summed E-state index contributed by atoms with van der Waals surface area (Å²) in [7, 11) is 0. The molecule has 0 aliphatic rings. The maximum Gasteiger partial charge on any atom is 0.387 e. The number of ether oxygens (including phenoxy) is 1. The Morgan fingerprint density at radius 1 is 1.20 bits per heavy atom. The van der Waals surface area contributed by atoms with Crippen molar-refractivity contribution in [3.8, 4) is 5.75 Å². The molecule has 0 aromatic heterocycles. The smallest absolute Gasteiger partial charge is 0.387 e. The maximum atomic E-state index is 12.1. The molecule has 0 saturated heterocycles. The lowest BCUT2D eigenvalue weighted by atomic mass is 10.0. The summed E-state index contributed by atoms with van der Waals surface area (Å²) in [6.45, 7) is 5.00. The van der Waals surface area contributed by atoms with Crippen molar-refractivity contribution >= 4 is 0 Å². The Morgan fingerprint density at radius 2 is 1.80 bits per heavy atom. The predicted molar refractivity (Wildman–Crippen MR) is 77.0 cm³/mol. The Hall–Kier alpha value is -1.20. The van der Waals surface area contributed by atoms with Gasteiger partial charge in [-0.1, -0.05) is 26.0 Å². The number of halogens is 2. The Bertz CT molecular complexity index is 384. The van der Waals surface area contributed by atoms with Crippen LogP contribution in [-0.4, -0.2) is 30.6 Å². The molecule has 0 bridgehead atoms. The minimum absolute atomic E-state index is 0.0931. The van der Waals surface area contributed by atoms with E-state index in [1.54, 1.807) is 24.3 Å². The fourth-order valence-electron chi connectivity index (χ4n) is 2.41. The van der Waals surface area contributed by atoms with Crippen molar-refractivity contribution in [3.63, 3.8) is 0 Å². The number of benzene rings is 1. The van der Waals surface area contributed by atoms with Crippen molar-refractivity contribution in [2.24, 2.45) is 5.73 Å². The molecule has 5 heteroatoms. The van der Waals surface area contributed by atoms with E-state index in [2.05, 4.69) is 30.4 Å². The quantitative estimate of drug-likeness (QED) is 0.796. The second-order valence-corrected chi connectivity index (χ2v) is 4.79. The maximum absolute atomic E-state index is 12.1. The number of likely N-dealkylation sites (N-methyl/N-ethyl adjacent to an activating group) is 1. The van der Waals surface area contributed by atoms with Crippen LogP contribution >= 0.6 is 0 Å². The number of rotatable bonds is 8. The van der Waals surface area contributed by atoms with E-state index in [1.165, 1.54) is 0 Å². The highest BCUT2D eigenvalue weighted by atomic mass is 19.3. The normalized spacial score (nSPS) is 14.6. The topological polar surface area (TPSA) is 38.5 Å². The largest absolute Gasteiger partial charge is 0.435 e. The average molecular weight is 286 g/mol. The van der Waals surface area contributed by atoms with Crippen molar-refractivity contribution in [1.82, 2.24) is 4.90 Å². The van der Waals surface area contributed by atoms with Crippen LogP contribution in [0.15, 0.2) is 24.3 Å². The number of alkyl halides is 2. The van der Waals surface area contributed by atoms with Crippen LogP contribution in [0, 0.1) is 0 Å². The van der Waals surface area contributed by atoms with Gasteiger partial charge in [0.1, 0.15) is 5.75 Å². The summed E-state index contributed by atoms with van der Waals surface area (Å²) in [6.07, 6.45) is 1.04. The third kappa shape index (κ3) is 4.42. The van der Waals surface area contributed by atoms with Crippen LogP contribution in [0.3, 0.4) is 0 Å². The molecule has 0 aliphatic heterocycles. The first-order chi connectivity index (χ1) is 9.53. The standard InChI is InChI=1S/C15H24F2N2O/c1-4-11(3)19(5-2)14(10-18)12-6-8-13(9-7-12)20-15(16)17/h6-9,11,14-15H,4-5,10,18H2,1-3H3. The van der Waals surface area contributed by atoms with Gasteiger partial charge >= 0.3 is 6.61 Å². The molecule has 1 rings (SSSR count). The van der Waals surface area contributed by atoms with Crippen molar-refractivity contribution in [3.05, 3.63) is 29.8 Å². The average Bonchev–Trinajstić information content (AvgIpc) is 2.44. The first-order valence-corrected chi connectivity index (χ1v) is 7.04. The molecule has 114 valence electrons. The molecular weight excluding hydrogens is 262 g/mol. The highest BCUT2D eigenvalue weighted by Gasteiger charge is 2.21. The molecule has 0 heterocycles. The van der Waals surface area contributed by atoms with Gasteiger partial charge in [0, 0.05) is 18.6 Å². The zero-order chi connectivity index (χ0) is 15.1. The first-order valence-electron chi connectivity index (χ1n) is 7.04. The lowest BCUT2D eigenvalue weighted by molar-refractivity contribution is -0.0498. The molecule has 0 fully saturated rings. The Morgan fingerprint density at radius 3 is 2.20 bits per heavy atom. The van der Waals surface area contributed by atoms with E-state index in [1.807, 2.05) is 0 Å². The van der Waals surface area contributed by atoms with Crippen LogP contribution in [0.4, 0.5) is 8.78 Å². The van der Waals surface area contributed by atoms with Crippen LogP contribution in [0.25, 0.3) is 0 Å². The molecule has 2 unspecified atom stereocenters. The SMILES string of the molecule is CCC(C)N(CC)C(CN)c1ccc(OC(F)F)cc1. The van der Waals surface area contributed by atoms with E-state index in [4.69, 9.17) is 5.73 Å². The van der Waals surface area contributed by atoms with Gasteiger partial charge in [-0.15, -0.1) is 0 Å². The lowest BCUT2D eigenvalue weighted by Gasteiger charge is -2.35. The molecule has 0 amide bonds. The van der Waals surface area contributed by atoms with E-state index in [-0.39, 0.29) is 11.8 Å². The molecule has 3 nitrogen and oxygen atoms in total. The number of hydrogen-bond donors (Lipinski definition) is 1. The summed E-state index contributed by atoms with van der Waals surface area (Å²) in [5.41, 5.74) is 6.92. The van der Waals surface area contributed by atoms with E-state index in [0.717, 1.165) is 18.5 Å². The molecule has 1 aromatic rings. The zero-order valence-corrected chi connectivity index (χ0v) is 12.4. The molecule has 0 spiro atoms. The number of nitrogens with zero attached hydrogens (tertiary/aromatic N) is 1. The van der Waals surface area contributed by atoms with Crippen molar-refractivity contribution in [2.75, 3.05) is 13.1 Å². The zero-order valence-electron chi connectivity index (χ0n) is 12.4. The summed E-state index contributed by atoms with van der Waals surface area (Å²) in [6, 6.07) is 7.25. The Balaban J connectivity index is 2.88. The van der Waals surface area contributed by atoms with Gasteiger partial charge in [0.05, 0.1) is 0 Å². The van der Waals surface area contributed by atoms with E-state index in [9.17, 15) is 8.78 Å². The molecule has 1 aromatic carbocycles. The van der Waals surface area contributed by atoms with Crippen molar-refractivity contribution in [1.29, 1.82) is 0 Å². The lowest BCUT2D eigenvalue weighted by Crippen LogP contribution is -2.39. The van der Waals surface area contributed by atoms with Crippen molar-refractivity contribution < 1.29 is 13.5 Å². The van der Waals surface area contributed by atoms with Crippen LogP contribution in [0.2, 0.25) is 0 Å². The van der Waals surface area contributed by atoms with E-state index < -0.39 is 6.61 Å². The van der Waals surface area contributed by atoms with Gasteiger partial charge in [-0.05, 0) is 37.6 Å². The van der Waals surface area contributed by atoms with Crippen molar-refractivity contribution in [2.45, 2.75) is 45.9 Å². The fourth-order valence-corrected chi connectivity index (χ4v) is 2.41. The Kier molecular flexibility index (Phi) is 6.88. The minimum Gasteiger partial charge on any atom is -0.435 e. The van der Waals surface area contributed by atoms with Crippen LogP contribution < -0.4 is 10.5 Å². The van der Waals surface area contributed by atoms with Gasteiger partial charge in [0.2, 0.25) is 0 Å². The van der Waals surface area contributed by atoms with Gasteiger partial charge in [-0.2, -0.15) is 8.78 Å². The molecule has 0 saturated carbocycles. The fraction of sp³-hybridized carbons (Fsp3) is 0.600. The van der Waals surface area contributed by atoms with Crippen LogP contribution in [0.5, 0.6) is 5.75 Å². The van der Waals surface area contributed by atoms with Crippen LogP contribution in [-0.2, 0) is 0 Å². The van der Waals surface area contributed by atoms with E-state index >= 15 is 0 Å². The molecule has 0 radical (unpaired) electrons. The molecule has 2 N–H and O–H groups in total. The molecular formula is C15H24F2N2O. The van der Waals surface area contributed by atoms with Gasteiger partial charge in [-0.3, -0.25) is 4.90 Å². The third-order valence-electron chi connectivity index (χ3n) is 3.64. The van der Waals surface area contributed by atoms with Crippen LogP contribution in [0.1, 0.15) is 38.8 Å². The molecule has 20 heavy (non-hydrogen) atoms. The summed E-state index contributed by atoms with van der Waals surface area (Å²) < 4.78 is 28.6. The molecule has 0 aliphatic carbocycles. The van der Waals surface area contributed by atoms with Gasteiger partial charge in [0.15, 0.2) is 0 Å². The van der Waals surface area contributed by atoms with Gasteiger partial charge in [0.25, 0.3) is 0 Å². The highest BCUT2D eigenvalue weighted by molar-refractivity contribution is 5.29. The van der Waals surface area contributed by atoms with Gasteiger partial charge in [-0.25, -0.2) is 0 Å². The highest BCUT2D eigenvalue weighted by Crippen LogP contribution is 2.25. The van der Waals surface area contributed by atoms with E-state index in [0.29, 0.717) is 12.6 Å². The summed E-state index contributed by atoms with van der Waals surface area (Å²) >= 11 is 0. The Labute approximate surface area is 119 Å². The second kappa shape index (κ2) is 8.17. The monoisotopic (exact) mass is 286 g/mol. The second-order valence-electron chi connectivity index (χ2n) is 4.79. The first kappa shape index (κ1) is 16.9. The molecule has 2 atom stereocenters. The minimum atomic E-state index is -2.79. The summed E-state index contributed by atoms with van der Waals surface area (Å²) in [5.74, 6) is 0.172. The predicted octanol–water partition coefficient (Wildman–Crippen LogP) is 3.41. The third-order valence-corrected chi connectivity index (χ3v) is 3.64. The number of hydrogen-bond acceptors (Lipinski definition) is 3. The summed E-state index contributed by atoms with van der Waals surface area (Å²) in [5, 5.41) is 0.